The standard InChI is InChI=1S/C23H27ClN2O/c1-17-4-6-20(7-5-17)10-13-23(27)26-15-18(2)25(14-19(26)3)16-21-8-11-22(24)12-9-21/h4-13,18-19H,14-16H2,1-3H3/t18-,19+/m0/s1. The Kier molecular flexibility index (Phi) is 6.35. The van der Waals surface area contributed by atoms with Crippen LogP contribution in [-0.2, 0) is 11.3 Å². The van der Waals surface area contributed by atoms with Crippen molar-refractivity contribution in [3.63, 3.8) is 0 Å². The summed E-state index contributed by atoms with van der Waals surface area (Å²) in [6.07, 6.45) is 3.60. The van der Waals surface area contributed by atoms with Crippen molar-refractivity contribution >= 4 is 23.6 Å². The summed E-state index contributed by atoms with van der Waals surface area (Å²) in [5.74, 6) is 0.0843. The van der Waals surface area contributed by atoms with Gasteiger partial charge in [-0.2, -0.15) is 0 Å². The molecule has 0 N–H and O–H groups in total. The smallest absolute Gasteiger partial charge is 0.246 e. The Morgan fingerprint density at radius 1 is 1.04 bits per heavy atom. The van der Waals surface area contributed by atoms with Crippen LogP contribution in [0.5, 0.6) is 0 Å². The summed E-state index contributed by atoms with van der Waals surface area (Å²) >= 11 is 5.98. The Bertz CT molecular complexity index is 798. The zero-order chi connectivity index (χ0) is 19.4. The lowest BCUT2D eigenvalue weighted by Crippen LogP contribution is -2.57. The number of halogens is 1. The number of amides is 1. The first-order chi connectivity index (χ1) is 12.9. The van der Waals surface area contributed by atoms with Gasteiger partial charge >= 0.3 is 0 Å². The second kappa shape index (κ2) is 8.73. The van der Waals surface area contributed by atoms with Gasteiger partial charge in [-0.05, 0) is 50.1 Å². The van der Waals surface area contributed by atoms with Gasteiger partial charge < -0.3 is 4.90 Å². The van der Waals surface area contributed by atoms with E-state index in [9.17, 15) is 4.79 Å². The molecule has 2 atom stereocenters. The van der Waals surface area contributed by atoms with Crippen LogP contribution in [0.2, 0.25) is 5.02 Å². The third-order valence-corrected chi connectivity index (χ3v) is 5.44. The molecule has 3 nitrogen and oxygen atoms in total. The van der Waals surface area contributed by atoms with Crippen LogP contribution in [0.25, 0.3) is 6.08 Å². The normalized spacial score (nSPS) is 21.0. The SMILES string of the molecule is Cc1ccc(C=CC(=O)N2C[C@H](C)N(Cc3ccc(Cl)cc3)C[C@H]2C)cc1. The Labute approximate surface area is 167 Å². The van der Waals surface area contributed by atoms with Crippen LogP contribution in [0, 0.1) is 6.92 Å². The van der Waals surface area contributed by atoms with Crippen molar-refractivity contribution in [1.82, 2.24) is 9.80 Å². The maximum absolute atomic E-state index is 12.7. The minimum atomic E-state index is 0.0843. The lowest BCUT2D eigenvalue weighted by molar-refractivity contribution is -0.131. The number of aryl methyl sites for hydroxylation is 1. The minimum Gasteiger partial charge on any atom is -0.334 e. The highest BCUT2D eigenvalue weighted by atomic mass is 35.5. The van der Waals surface area contributed by atoms with Gasteiger partial charge in [0.1, 0.15) is 0 Å². The molecule has 0 unspecified atom stereocenters. The van der Waals surface area contributed by atoms with Crippen molar-refractivity contribution in [2.75, 3.05) is 13.1 Å². The van der Waals surface area contributed by atoms with Crippen LogP contribution < -0.4 is 0 Å². The third-order valence-electron chi connectivity index (χ3n) is 5.19. The van der Waals surface area contributed by atoms with Crippen molar-refractivity contribution in [2.24, 2.45) is 0 Å². The van der Waals surface area contributed by atoms with Crippen molar-refractivity contribution in [1.29, 1.82) is 0 Å². The van der Waals surface area contributed by atoms with Gasteiger partial charge in [-0.3, -0.25) is 9.69 Å². The molecular weight excluding hydrogens is 356 g/mol. The van der Waals surface area contributed by atoms with Crippen molar-refractivity contribution in [2.45, 2.75) is 39.4 Å². The van der Waals surface area contributed by atoms with E-state index in [0.29, 0.717) is 6.04 Å². The number of carbonyl (C=O) groups excluding carboxylic acids is 1. The van der Waals surface area contributed by atoms with Gasteiger partial charge in [-0.25, -0.2) is 0 Å². The fourth-order valence-electron chi connectivity index (χ4n) is 3.49. The van der Waals surface area contributed by atoms with E-state index in [1.165, 1.54) is 11.1 Å². The second-order valence-electron chi connectivity index (χ2n) is 7.49. The summed E-state index contributed by atoms with van der Waals surface area (Å²) < 4.78 is 0. The maximum atomic E-state index is 12.7. The van der Waals surface area contributed by atoms with Crippen LogP contribution in [0.4, 0.5) is 0 Å². The Balaban J connectivity index is 1.61. The summed E-state index contributed by atoms with van der Waals surface area (Å²) in [6.45, 7) is 8.86. The largest absolute Gasteiger partial charge is 0.334 e. The quantitative estimate of drug-likeness (QED) is 0.710. The molecule has 1 fully saturated rings. The molecular formula is C23H27ClN2O. The predicted molar refractivity (Wildman–Crippen MR) is 113 cm³/mol. The maximum Gasteiger partial charge on any atom is 0.246 e. The molecule has 2 aromatic rings. The Morgan fingerprint density at radius 3 is 2.37 bits per heavy atom. The Morgan fingerprint density at radius 2 is 1.70 bits per heavy atom. The lowest BCUT2D eigenvalue weighted by atomic mass is 10.1. The number of carbonyl (C=O) groups is 1. The molecule has 1 heterocycles. The van der Waals surface area contributed by atoms with Crippen LogP contribution in [0.3, 0.4) is 0 Å². The van der Waals surface area contributed by atoms with E-state index in [1.54, 1.807) is 6.08 Å². The molecule has 0 radical (unpaired) electrons. The van der Waals surface area contributed by atoms with Crippen molar-refractivity contribution in [3.8, 4) is 0 Å². The number of benzene rings is 2. The first-order valence-electron chi connectivity index (χ1n) is 9.46. The van der Waals surface area contributed by atoms with Gasteiger partial charge in [-0.15, -0.1) is 0 Å². The van der Waals surface area contributed by atoms with Gasteiger partial charge in [-0.1, -0.05) is 53.6 Å². The summed E-state index contributed by atoms with van der Waals surface area (Å²) in [7, 11) is 0. The summed E-state index contributed by atoms with van der Waals surface area (Å²) in [4.78, 5) is 17.1. The number of piperazine rings is 1. The van der Waals surface area contributed by atoms with E-state index in [2.05, 4.69) is 49.9 Å². The van der Waals surface area contributed by atoms with Crippen molar-refractivity contribution < 1.29 is 4.79 Å². The molecule has 1 aliphatic rings. The van der Waals surface area contributed by atoms with E-state index in [1.807, 2.05) is 35.2 Å². The van der Waals surface area contributed by atoms with Gasteiger partial charge in [0.25, 0.3) is 0 Å². The summed E-state index contributed by atoms with van der Waals surface area (Å²) in [5.41, 5.74) is 3.52. The molecule has 2 aromatic carbocycles. The number of hydrogen-bond acceptors (Lipinski definition) is 2. The topological polar surface area (TPSA) is 23.6 Å². The van der Waals surface area contributed by atoms with E-state index in [0.717, 1.165) is 30.2 Å². The molecule has 0 spiro atoms. The minimum absolute atomic E-state index is 0.0843. The van der Waals surface area contributed by atoms with Gasteiger partial charge in [0.15, 0.2) is 0 Å². The molecule has 0 bridgehead atoms. The average molecular weight is 383 g/mol. The third kappa shape index (κ3) is 5.21. The number of nitrogens with zero attached hydrogens (tertiary/aromatic N) is 2. The molecule has 0 saturated carbocycles. The van der Waals surface area contributed by atoms with E-state index >= 15 is 0 Å². The number of hydrogen-bond donors (Lipinski definition) is 0. The zero-order valence-electron chi connectivity index (χ0n) is 16.2. The zero-order valence-corrected chi connectivity index (χ0v) is 17.0. The molecule has 0 aliphatic carbocycles. The molecule has 27 heavy (non-hydrogen) atoms. The van der Waals surface area contributed by atoms with Gasteiger partial charge in [0.05, 0.1) is 0 Å². The molecule has 1 amide bonds. The summed E-state index contributed by atoms with van der Waals surface area (Å²) in [6, 6.07) is 16.7. The molecule has 4 heteroatoms. The lowest BCUT2D eigenvalue weighted by Gasteiger charge is -2.44. The molecule has 1 saturated heterocycles. The van der Waals surface area contributed by atoms with Crippen LogP contribution in [-0.4, -0.2) is 40.9 Å². The fourth-order valence-corrected chi connectivity index (χ4v) is 3.62. The van der Waals surface area contributed by atoms with Crippen LogP contribution in [0.15, 0.2) is 54.6 Å². The van der Waals surface area contributed by atoms with E-state index in [-0.39, 0.29) is 11.9 Å². The second-order valence-corrected chi connectivity index (χ2v) is 7.93. The van der Waals surface area contributed by atoms with Crippen molar-refractivity contribution in [3.05, 3.63) is 76.3 Å². The van der Waals surface area contributed by atoms with E-state index in [4.69, 9.17) is 11.6 Å². The first-order valence-corrected chi connectivity index (χ1v) is 9.84. The van der Waals surface area contributed by atoms with Gasteiger partial charge in [0.2, 0.25) is 5.91 Å². The monoisotopic (exact) mass is 382 g/mol. The fraction of sp³-hybridized carbons (Fsp3) is 0.348. The number of rotatable bonds is 4. The van der Waals surface area contributed by atoms with Crippen LogP contribution in [0.1, 0.15) is 30.5 Å². The summed E-state index contributed by atoms with van der Waals surface area (Å²) in [5, 5.41) is 0.760. The highest BCUT2D eigenvalue weighted by Crippen LogP contribution is 2.20. The highest BCUT2D eigenvalue weighted by molar-refractivity contribution is 6.30. The Hall–Kier alpha value is -2.10. The van der Waals surface area contributed by atoms with E-state index < -0.39 is 0 Å². The first kappa shape index (κ1) is 19.7. The average Bonchev–Trinajstić information content (AvgIpc) is 2.65. The predicted octanol–water partition coefficient (Wildman–Crippen LogP) is 4.78. The molecule has 1 aliphatic heterocycles. The highest BCUT2D eigenvalue weighted by Gasteiger charge is 2.30. The molecule has 3 rings (SSSR count). The molecule has 142 valence electrons. The van der Waals surface area contributed by atoms with Gasteiger partial charge in [0, 0.05) is 42.8 Å². The van der Waals surface area contributed by atoms with Crippen LogP contribution >= 0.6 is 11.6 Å². The molecule has 0 aromatic heterocycles.